The molecular weight excluding hydrogens is 344 g/mol. The lowest BCUT2D eigenvalue weighted by Crippen LogP contribution is -2.43. The molecule has 0 bridgehead atoms. The van der Waals surface area contributed by atoms with Crippen LogP contribution in [0.4, 0.5) is 0 Å². The lowest BCUT2D eigenvalue weighted by atomic mass is 10.1. The molecule has 1 amide bonds. The fourth-order valence-electron chi connectivity index (χ4n) is 2.40. The van der Waals surface area contributed by atoms with Gasteiger partial charge in [0.05, 0.1) is 12.7 Å². The highest BCUT2D eigenvalue weighted by molar-refractivity contribution is 5.78. The van der Waals surface area contributed by atoms with Crippen LogP contribution in [0, 0.1) is 0 Å². The Kier molecular flexibility index (Phi) is 10.2. The minimum absolute atomic E-state index is 0.0369. The molecular formula is C21H36N2O4. The minimum atomic E-state index is -0.279. The van der Waals surface area contributed by atoms with E-state index in [1.54, 1.807) is 0 Å². The van der Waals surface area contributed by atoms with Gasteiger partial charge in [0.2, 0.25) is 0 Å². The number of hydrogen-bond donors (Lipinski definition) is 2. The van der Waals surface area contributed by atoms with Crippen molar-refractivity contribution in [3.63, 3.8) is 0 Å². The topological polar surface area (TPSA) is 68.8 Å². The molecule has 0 aliphatic rings. The molecule has 0 saturated heterocycles. The van der Waals surface area contributed by atoms with Crippen molar-refractivity contribution in [2.24, 2.45) is 0 Å². The quantitative estimate of drug-likeness (QED) is 0.545. The molecule has 154 valence electrons. The number of rotatable bonds is 12. The van der Waals surface area contributed by atoms with Gasteiger partial charge < -0.3 is 24.8 Å². The predicted octanol–water partition coefficient (Wildman–Crippen LogP) is 3.28. The van der Waals surface area contributed by atoms with Gasteiger partial charge in [-0.2, -0.15) is 0 Å². The van der Waals surface area contributed by atoms with E-state index in [2.05, 4.69) is 10.6 Å². The van der Waals surface area contributed by atoms with E-state index in [4.69, 9.17) is 14.2 Å². The highest BCUT2D eigenvalue weighted by atomic mass is 16.5. The van der Waals surface area contributed by atoms with Crippen LogP contribution in [0.25, 0.3) is 0 Å². The van der Waals surface area contributed by atoms with Crippen LogP contribution in [0.2, 0.25) is 0 Å². The van der Waals surface area contributed by atoms with Crippen LogP contribution in [0.1, 0.15) is 53.5 Å². The fourth-order valence-corrected chi connectivity index (χ4v) is 2.40. The Morgan fingerprint density at radius 3 is 2.52 bits per heavy atom. The van der Waals surface area contributed by atoms with Crippen molar-refractivity contribution in [2.75, 3.05) is 26.4 Å². The molecule has 0 fully saturated rings. The highest BCUT2D eigenvalue weighted by Crippen LogP contribution is 2.28. The summed E-state index contributed by atoms with van der Waals surface area (Å²) in [6.45, 7) is 14.7. The summed E-state index contributed by atoms with van der Waals surface area (Å²) in [5.74, 6) is 1.08. The van der Waals surface area contributed by atoms with Gasteiger partial charge in [0.25, 0.3) is 5.91 Å². The summed E-state index contributed by atoms with van der Waals surface area (Å²) in [5, 5.41) is 6.28. The Bertz CT molecular complexity index is 568. The lowest BCUT2D eigenvalue weighted by Gasteiger charge is -2.21. The zero-order valence-electron chi connectivity index (χ0n) is 17.7. The third-order valence-electron chi connectivity index (χ3n) is 3.46. The molecule has 0 aliphatic carbocycles. The largest absolute Gasteiger partial charge is 0.490 e. The number of hydrogen-bond acceptors (Lipinski definition) is 5. The maximum Gasteiger partial charge on any atom is 0.258 e. The van der Waals surface area contributed by atoms with E-state index in [-0.39, 0.29) is 24.2 Å². The van der Waals surface area contributed by atoms with E-state index >= 15 is 0 Å². The van der Waals surface area contributed by atoms with Crippen molar-refractivity contribution in [1.29, 1.82) is 0 Å². The van der Waals surface area contributed by atoms with Crippen molar-refractivity contribution < 1.29 is 19.0 Å². The number of ether oxygens (including phenoxy) is 3. The first-order valence-electron chi connectivity index (χ1n) is 9.73. The maximum absolute atomic E-state index is 11.9. The Balaban J connectivity index is 2.52. The van der Waals surface area contributed by atoms with Gasteiger partial charge in [0, 0.05) is 18.7 Å². The Hall–Kier alpha value is -1.79. The van der Waals surface area contributed by atoms with Crippen LogP contribution in [0.15, 0.2) is 18.2 Å². The summed E-state index contributed by atoms with van der Waals surface area (Å²) >= 11 is 0. The summed E-state index contributed by atoms with van der Waals surface area (Å²) in [6.07, 6.45) is 1.25. The first-order valence-corrected chi connectivity index (χ1v) is 9.73. The molecule has 0 saturated carbocycles. The third kappa shape index (κ3) is 10.8. The molecule has 2 N–H and O–H groups in total. The second-order valence-electron chi connectivity index (χ2n) is 7.75. The van der Waals surface area contributed by atoms with Crippen molar-refractivity contribution in [2.45, 2.75) is 66.2 Å². The molecule has 0 radical (unpaired) electrons. The summed E-state index contributed by atoms with van der Waals surface area (Å²) in [7, 11) is 0. The van der Waals surface area contributed by atoms with Gasteiger partial charge in [-0.1, -0.05) is 6.07 Å². The number of amides is 1. The van der Waals surface area contributed by atoms with Crippen molar-refractivity contribution in [1.82, 2.24) is 10.6 Å². The van der Waals surface area contributed by atoms with Crippen molar-refractivity contribution in [3.05, 3.63) is 23.8 Å². The lowest BCUT2D eigenvalue weighted by molar-refractivity contribution is -0.124. The first kappa shape index (κ1) is 23.2. The molecule has 0 heterocycles. The van der Waals surface area contributed by atoms with Gasteiger partial charge >= 0.3 is 0 Å². The minimum Gasteiger partial charge on any atom is -0.490 e. The van der Waals surface area contributed by atoms with Crippen LogP contribution in [-0.2, 0) is 16.1 Å². The van der Waals surface area contributed by atoms with E-state index in [9.17, 15) is 4.79 Å². The van der Waals surface area contributed by atoms with Gasteiger partial charge in [-0.05, 0) is 72.2 Å². The van der Waals surface area contributed by atoms with E-state index in [0.29, 0.717) is 18.1 Å². The van der Waals surface area contributed by atoms with Gasteiger partial charge in [-0.3, -0.25) is 4.79 Å². The normalized spacial score (nSPS) is 11.5. The zero-order valence-corrected chi connectivity index (χ0v) is 17.7. The van der Waals surface area contributed by atoms with Crippen LogP contribution in [0.5, 0.6) is 11.5 Å². The Labute approximate surface area is 164 Å². The van der Waals surface area contributed by atoms with Gasteiger partial charge in [-0.25, -0.2) is 0 Å². The maximum atomic E-state index is 11.9. The molecule has 27 heavy (non-hydrogen) atoms. The third-order valence-corrected chi connectivity index (χ3v) is 3.46. The highest BCUT2D eigenvalue weighted by Gasteiger charge is 2.15. The van der Waals surface area contributed by atoms with Crippen molar-refractivity contribution >= 4 is 5.91 Å². The summed E-state index contributed by atoms with van der Waals surface area (Å²) in [4.78, 5) is 11.9. The number of carbonyl (C=O) groups excluding carboxylic acids is 1. The zero-order chi connectivity index (χ0) is 20.3. The van der Waals surface area contributed by atoms with Crippen LogP contribution < -0.4 is 20.1 Å². The van der Waals surface area contributed by atoms with E-state index in [0.717, 1.165) is 31.7 Å². The second kappa shape index (κ2) is 11.8. The summed E-state index contributed by atoms with van der Waals surface area (Å²) in [6, 6.07) is 5.80. The van der Waals surface area contributed by atoms with Crippen molar-refractivity contribution in [3.8, 4) is 11.5 Å². The molecule has 1 aromatic carbocycles. The van der Waals surface area contributed by atoms with Gasteiger partial charge in [0.1, 0.15) is 0 Å². The molecule has 0 spiro atoms. The standard InChI is InChI=1S/C21H36N2O4/c1-7-25-19-13-17(14-22-11-8-12-26-16(2)3)9-10-18(19)27-15-20(24)23-21(4,5)6/h9-10,13,16,22H,7-8,11-12,14-15H2,1-6H3,(H,23,24). The number of benzene rings is 1. The SMILES string of the molecule is CCOc1cc(CNCCCOC(C)C)ccc1OCC(=O)NC(C)(C)C. The average molecular weight is 381 g/mol. The first-order chi connectivity index (χ1) is 12.7. The number of nitrogens with one attached hydrogen (secondary N) is 2. The van der Waals surface area contributed by atoms with Crippen LogP contribution in [-0.4, -0.2) is 43.9 Å². The molecule has 6 heteroatoms. The second-order valence-corrected chi connectivity index (χ2v) is 7.75. The molecule has 0 unspecified atom stereocenters. The van der Waals surface area contributed by atoms with Gasteiger partial charge in [-0.15, -0.1) is 0 Å². The molecule has 1 aromatic rings. The molecule has 6 nitrogen and oxygen atoms in total. The number of carbonyl (C=O) groups is 1. The van der Waals surface area contributed by atoms with E-state index in [1.807, 2.05) is 59.7 Å². The monoisotopic (exact) mass is 380 g/mol. The Morgan fingerprint density at radius 2 is 1.89 bits per heavy atom. The molecule has 0 aromatic heterocycles. The van der Waals surface area contributed by atoms with Crippen LogP contribution >= 0.6 is 0 Å². The van der Waals surface area contributed by atoms with Gasteiger partial charge in [0.15, 0.2) is 18.1 Å². The van der Waals surface area contributed by atoms with E-state index < -0.39 is 0 Å². The summed E-state index contributed by atoms with van der Waals surface area (Å²) in [5.41, 5.74) is 0.827. The average Bonchev–Trinajstić information content (AvgIpc) is 2.55. The molecule has 1 rings (SSSR count). The molecule has 0 aliphatic heterocycles. The smallest absolute Gasteiger partial charge is 0.258 e. The van der Waals surface area contributed by atoms with E-state index in [1.165, 1.54) is 0 Å². The molecule has 0 atom stereocenters. The summed E-state index contributed by atoms with van der Waals surface area (Å²) < 4.78 is 16.9. The van der Waals surface area contributed by atoms with Crippen LogP contribution in [0.3, 0.4) is 0 Å². The predicted molar refractivity (Wildman–Crippen MR) is 108 cm³/mol. The fraction of sp³-hybridized carbons (Fsp3) is 0.667. The Morgan fingerprint density at radius 1 is 1.15 bits per heavy atom.